The molecule has 2 rings (SSSR count). The number of aromatic nitrogens is 1. The average molecular weight is 295 g/mol. The second-order valence-electron chi connectivity index (χ2n) is 6.30. The Morgan fingerprint density at radius 3 is 2.60 bits per heavy atom. The van der Waals surface area contributed by atoms with E-state index in [1.54, 1.807) is 0 Å². The van der Waals surface area contributed by atoms with Gasteiger partial charge in [0.2, 0.25) is 0 Å². The van der Waals surface area contributed by atoms with Crippen molar-refractivity contribution in [2.45, 2.75) is 64.0 Å². The highest BCUT2D eigenvalue weighted by Gasteiger charge is 2.43. The second kappa shape index (κ2) is 7.01. The van der Waals surface area contributed by atoms with Crippen LogP contribution in [-0.4, -0.2) is 42.1 Å². The number of nitrogens with one attached hydrogen (secondary N) is 1. The van der Waals surface area contributed by atoms with Crippen LogP contribution in [0.1, 0.15) is 49.7 Å². The van der Waals surface area contributed by atoms with Crippen molar-refractivity contribution in [1.29, 1.82) is 0 Å². The average Bonchev–Trinajstić information content (AvgIpc) is 3.04. The first kappa shape index (κ1) is 15.9. The van der Waals surface area contributed by atoms with Gasteiger partial charge < -0.3 is 10.2 Å². The molecule has 0 bridgehead atoms. The lowest BCUT2D eigenvalue weighted by atomic mass is 9.84. The zero-order chi connectivity index (χ0) is 14.6. The first-order valence-corrected chi connectivity index (χ1v) is 8.78. The number of aryl methyl sites for hydroxylation is 1. The number of hydrogen-bond acceptors (Lipinski definition) is 4. The molecule has 1 aliphatic rings. The van der Waals surface area contributed by atoms with E-state index in [-0.39, 0.29) is 0 Å². The minimum absolute atomic E-state index is 0.314. The summed E-state index contributed by atoms with van der Waals surface area (Å²) in [5, 5.41) is 7.27. The standard InChI is InChI=1S/C16H29N3S/c1-5-10-17-14(11-15-18-13(2)12-20-15)16(19(3)4)8-6-7-9-16/h12,14,17H,5-11H2,1-4H3. The quantitative estimate of drug-likeness (QED) is 0.837. The molecule has 4 heteroatoms. The first-order valence-electron chi connectivity index (χ1n) is 7.90. The molecule has 0 saturated heterocycles. The number of rotatable bonds is 7. The van der Waals surface area contributed by atoms with Gasteiger partial charge in [0.1, 0.15) is 0 Å². The molecule has 0 aliphatic heterocycles. The third kappa shape index (κ3) is 3.41. The normalized spacial score (nSPS) is 19.6. The van der Waals surface area contributed by atoms with Crippen molar-refractivity contribution in [2.24, 2.45) is 0 Å². The van der Waals surface area contributed by atoms with Crippen LogP contribution in [0, 0.1) is 6.92 Å². The van der Waals surface area contributed by atoms with Crippen LogP contribution < -0.4 is 5.32 Å². The fourth-order valence-electron chi connectivity index (χ4n) is 3.54. The Kier molecular flexibility index (Phi) is 5.58. The summed E-state index contributed by atoms with van der Waals surface area (Å²) in [6.45, 7) is 5.44. The van der Waals surface area contributed by atoms with E-state index >= 15 is 0 Å². The highest BCUT2D eigenvalue weighted by atomic mass is 32.1. The summed E-state index contributed by atoms with van der Waals surface area (Å²) < 4.78 is 0. The molecule has 0 radical (unpaired) electrons. The summed E-state index contributed by atoms with van der Waals surface area (Å²) >= 11 is 1.81. The fourth-order valence-corrected chi connectivity index (χ4v) is 4.36. The van der Waals surface area contributed by atoms with Crippen molar-refractivity contribution >= 4 is 11.3 Å². The molecule has 1 fully saturated rings. The minimum atomic E-state index is 0.314. The van der Waals surface area contributed by atoms with Gasteiger partial charge in [-0.3, -0.25) is 0 Å². The molecule has 0 aromatic carbocycles. The molecule has 1 unspecified atom stereocenters. The Bertz CT molecular complexity index is 408. The molecule has 1 atom stereocenters. The van der Waals surface area contributed by atoms with Crippen molar-refractivity contribution in [3.05, 3.63) is 16.1 Å². The monoisotopic (exact) mass is 295 g/mol. The number of nitrogens with zero attached hydrogens (tertiary/aromatic N) is 2. The maximum absolute atomic E-state index is 4.68. The Labute approximate surface area is 127 Å². The van der Waals surface area contributed by atoms with Gasteiger partial charge in [-0.05, 0) is 46.8 Å². The molecule has 1 aromatic rings. The highest BCUT2D eigenvalue weighted by molar-refractivity contribution is 7.09. The van der Waals surface area contributed by atoms with Gasteiger partial charge in [0.05, 0.1) is 5.01 Å². The van der Waals surface area contributed by atoms with E-state index in [4.69, 9.17) is 0 Å². The largest absolute Gasteiger partial charge is 0.312 e. The van der Waals surface area contributed by atoms with Crippen molar-refractivity contribution in [3.8, 4) is 0 Å². The van der Waals surface area contributed by atoms with Gasteiger partial charge >= 0.3 is 0 Å². The van der Waals surface area contributed by atoms with Gasteiger partial charge in [-0.25, -0.2) is 4.98 Å². The van der Waals surface area contributed by atoms with E-state index in [1.165, 1.54) is 37.1 Å². The minimum Gasteiger partial charge on any atom is -0.312 e. The molecule has 0 amide bonds. The van der Waals surface area contributed by atoms with Gasteiger partial charge in [0.15, 0.2) is 0 Å². The van der Waals surface area contributed by atoms with Crippen molar-refractivity contribution in [3.63, 3.8) is 0 Å². The summed E-state index contributed by atoms with van der Waals surface area (Å²) in [6.07, 6.45) is 7.60. The van der Waals surface area contributed by atoms with E-state index in [0.29, 0.717) is 11.6 Å². The molecule has 3 nitrogen and oxygen atoms in total. The predicted molar refractivity (Wildman–Crippen MR) is 87.5 cm³/mol. The zero-order valence-corrected chi connectivity index (χ0v) is 14.2. The Morgan fingerprint density at radius 2 is 2.10 bits per heavy atom. The summed E-state index contributed by atoms with van der Waals surface area (Å²) in [5.74, 6) is 0. The van der Waals surface area contributed by atoms with Crippen LogP contribution in [-0.2, 0) is 6.42 Å². The van der Waals surface area contributed by atoms with Crippen molar-refractivity contribution < 1.29 is 0 Å². The summed E-state index contributed by atoms with van der Waals surface area (Å²) in [5.41, 5.74) is 1.47. The molecule has 1 saturated carbocycles. The molecule has 1 N–H and O–H groups in total. The van der Waals surface area contributed by atoms with E-state index in [0.717, 1.165) is 18.7 Å². The van der Waals surface area contributed by atoms with Gasteiger partial charge in [-0.2, -0.15) is 0 Å². The molecule has 0 spiro atoms. The molecular weight excluding hydrogens is 266 g/mol. The second-order valence-corrected chi connectivity index (χ2v) is 7.24. The fraction of sp³-hybridized carbons (Fsp3) is 0.812. The number of thiazole rings is 1. The topological polar surface area (TPSA) is 28.2 Å². The molecule has 1 heterocycles. The molecule has 114 valence electrons. The lowest BCUT2D eigenvalue weighted by Crippen LogP contribution is -2.58. The number of hydrogen-bond donors (Lipinski definition) is 1. The predicted octanol–water partition coefficient (Wildman–Crippen LogP) is 3.24. The Hall–Kier alpha value is -0.450. The molecule has 1 aromatic heterocycles. The van der Waals surface area contributed by atoms with Gasteiger partial charge in [-0.1, -0.05) is 19.8 Å². The summed E-state index contributed by atoms with van der Waals surface area (Å²) in [4.78, 5) is 7.15. The van der Waals surface area contributed by atoms with Crippen LogP contribution in [0.5, 0.6) is 0 Å². The van der Waals surface area contributed by atoms with E-state index < -0.39 is 0 Å². The Balaban J connectivity index is 2.16. The van der Waals surface area contributed by atoms with Crippen LogP contribution in [0.15, 0.2) is 5.38 Å². The van der Waals surface area contributed by atoms with Crippen LogP contribution in [0.4, 0.5) is 0 Å². The first-order chi connectivity index (χ1) is 9.58. The van der Waals surface area contributed by atoms with Gasteiger partial charge in [0, 0.05) is 29.1 Å². The lowest BCUT2D eigenvalue weighted by molar-refractivity contribution is 0.104. The van der Waals surface area contributed by atoms with E-state index in [2.05, 4.69) is 48.5 Å². The number of likely N-dealkylation sites (N-methyl/N-ethyl adjacent to an activating group) is 1. The summed E-state index contributed by atoms with van der Waals surface area (Å²) in [6, 6.07) is 0.519. The molecule has 20 heavy (non-hydrogen) atoms. The van der Waals surface area contributed by atoms with Crippen LogP contribution in [0.2, 0.25) is 0 Å². The third-order valence-electron chi connectivity index (χ3n) is 4.69. The third-order valence-corrected chi connectivity index (χ3v) is 5.68. The van der Waals surface area contributed by atoms with Gasteiger partial charge in [0.25, 0.3) is 0 Å². The van der Waals surface area contributed by atoms with Gasteiger partial charge in [-0.15, -0.1) is 11.3 Å². The van der Waals surface area contributed by atoms with Crippen LogP contribution in [0.3, 0.4) is 0 Å². The van der Waals surface area contributed by atoms with E-state index in [9.17, 15) is 0 Å². The maximum atomic E-state index is 4.68. The molecular formula is C16H29N3S. The smallest absolute Gasteiger partial charge is 0.0944 e. The van der Waals surface area contributed by atoms with Crippen molar-refractivity contribution in [2.75, 3.05) is 20.6 Å². The maximum Gasteiger partial charge on any atom is 0.0944 e. The summed E-state index contributed by atoms with van der Waals surface area (Å²) in [7, 11) is 4.50. The SMILES string of the molecule is CCCNC(Cc1nc(C)cs1)C1(N(C)C)CCCC1. The zero-order valence-electron chi connectivity index (χ0n) is 13.4. The molecule has 1 aliphatic carbocycles. The lowest BCUT2D eigenvalue weighted by Gasteiger charge is -2.43. The highest BCUT2D eigenvalue weighted by Crippen LogP contribution is 2.38. The Morgan fingerprint density at radius 1 is 1.40 bits per heavy atom. The van der Waals surface area contributed by atoms with Crippen molar-refractivity contribution in [1.82, 2.24) is 15.2 Å². The van der Waals surface area contributed by atoms with E-state index in [1.807, 2.05) is 11.3 Å². The van der Waals surface area contributed by atoms with Crippen LogP contribution in [0.25, 0.3) is 0 Å². The van der Waals surface area contributed by atoms with Crippen LogP contribution >= 0.6 is 11.3 Å².